The summed E-state index contributed by atoms with van der Waals surface area (Å²) in [4.78, 5) is 23.4. The minimum absolute atomic E-state index is 0.252. The summed E-state index contributed by atoms with van der Waals surface area (Å²) in [6.45, 7) is 9.56. The van der Waals surface area contributed by atoms with Crippen molar-refractivity contribution in [2.24, 2.45) is 11.3 Å². The zero-order valence-electron chi connectivity index (χ0n) is 19.3. The van der Waals surface area contributed by atoms with E-state index in [2.05, 4.69) is 33.1 Å². The molecular weight excluding hydrogens is 400 g/mol. The SMILES string of the molecule is CCN1CC[C@@H]2C[C@@H](N3CCOCC3)CC[C@@]2(C(=O)NCc2ccnc3ccccc23)C1. The molecule has 3 atom stereocenters. The Hall–Kier alpha value is -2.02. The molecule has 0 spiro atoms. The predicted octanol–water partition coefficient (Wildman–Crippen LogP) is 3.06. The van der Waals surface area contributed by atoms with Crippen LogP contribution in [0, 0.1) is 11.3 Å². The lowest BCUT2D eigenvalue weighted by Crippen LogP contribution is -2.60. The average Bonchev–Trinajstić information content (AvgIpc) is 2.87. The molecule has 2 aliphatic heterocycles. The van der Waals surface area contributed by atoms with Gasteiger partial charge in [0.1, 0.15) is 0 Å². The van der Waals surface area contributed by atoms with Gasteiger partial charge >= 0.3 is 0 Å². The Labute approximate surface area is 191 Å². The zero-order valence-corrected chi connectivity index (χ0v) is 19.3. The Kier molecular flexibility index (Phi) is 6.44. The van der Waals surface area contributed by atoms with E-state index in [0.717, 1.165) is 88.1 Å². The molecule has 1 amide bonds. The van der Waals surface area contributed by atoms with Crippen LogP contribution in [0.3, 0.4) is 0 Å². The van der Waals surface area contributed by atoms with Gasteiger partial charge in [0, 0.05) is 43.8 Å². The van der Waals surface area contributed by atoms with Gasteiger partial charge in [-0.15, -0.1) is 0 Å². The first kappa shape index (κ1) is 21.8. The molecule has 1 aromatic carbocycles. The number of fused-ring (bicyclic) bond motifs is 2. The lowest BCUT2D eigenvalue weighted by Gasteiger charge is -2.53. The number of benzene rings is 1. The lowest BCUT2D eigenvalue weighted by atomic mass is 9.61. The molecule has 0 unspecified atom stereocenters. The van der Waals surface area contributed by atoms with Crippen molar-refractivity contribution >= 4 is 16.8 Å². The predicted molar refractivity (Wildman–Crippen MR) is 126 cm³/mol. The third kappa shape index (κ3) is 4.16. The fraction of sp³-hybridized carbons (Fsp3) is 0.615. The van der Waals surface area contributed by atoms with E-state index in [-0.39, 0.29) is 11.3 Å². The normalized spacial score (nSPS) is 29.5. The monoisotopic (exact) mass is 436 g/mol. The summed E-state index contributed by atoms with van der Waals surface area (Å²) in [7, 11) is 0. The number of para-hydroxylation sites is 1. The summed E-state index contributed by atoms with van der Waals surface area (Å²) in [5, 5.41) is 4.49. The van der Waals surface area contributed by atoms with E-state index in [0.29, 0.717) is 18.5 Å². The van der Waals surface area contributed by atoms with Gasteiger partial charge in [-0.2, -0.15) is 0 Å². The Morgan fingerprint density at radius 3 is 2.88 bits per heavy atom. The number of rotatable bonds is 5. The molecule has 1 aromatic heterocycles. The van der Waals surface area contributed by atoms with Crippen molar-refractivity contribution in [2.75, 3.05) is 45.9 Å². The van der Waals surface area contributed by atoms with Gasteiger partial charge < -0.3 is 15.0 Å². The van der Waals surface area contributed by atoms with Gasteiger partial charge in [-0.25, -0.2) is 0 Å². The van der Waals surface area contributed by atoms with E-state index in [4.69, 9.17) is 4.74 Å². The zero-order chi connectivity index (χ0) is 22.0. The van der Waals surface area contributed by atoms with Gasteiger partial charge in [0.15, 0.2) is 0 Å². The topological polar surface area (TPSA) is 57.7 Å². The maximum absolute atomic E-state index is 13.8. The number of nitrogens with one attached hydrogen (secondary N) is 1. The molecule has 1 aliphatic carbocycles. The molecule has 3 heterocycles. The summed E-state index contributed by atoms with van der Waals surface area (Å²) in [5.74, 6) is 0.711. The van der Waals surface area contributed by atoms with Crippen LogP contribution in [0.5, 0.6) is 0 Å². The smallest absolute Gasteiger partial charge is 0.228 e. The largest absolute Gasteiger partial charge is 0.379 e. The lowest BCUT2D eigenvalue weighted by molar-refractivity contribution is -0.145. The number of amides is 1. The number of aromatic nitrogens is 1. The number of ether oxygens (including phenoxy) is 1. The number of hydrogen-bond donors (Lipinski definition) is 1. The van der Waals surface area contributed by atoms with E-state index in [1.807, 2.05) is 30.5 Å². The maximum Gasteiger partial charge on any atom is 0.228 e. The first-order chi connectivity index (χ1) is 15.7. The van der Waals surface area contributed by atoms with Gasteiger partial charge in [-0.3, -0.25) is 14.7 Å². The fourth-order valence-electron chi connectivity index (χ4n) is 6.29. The van der Waals surface area contributed by atoms with Crippen molar-refractivity contribution in [3.8, 4) is 0 Å². The van der Waals surface area contributed by atoms with E-state index < -0.39 is 0 Å². The molecule has 1 saturated carbocycles. The van der Waals surface area contributed by atoms with Crippen molar-refractivity contribution in [3.05, 3.63) is 42.1 Å². The number of carbonyl (C=O) groups excluding carboxylic acids is 1. The molecular formula is C26H36N4O2. The van der Waals surface area contributed by atoms with Crippen LogP contribution in [0.1, 0.15) is 38.2 Å². The number of likely N-dealkylation sites (tertiary alicyclic amines) is 1. The summed E-state index contributed by atoms with van der Waals surface area (Å²) in [5.41, 5.74) is 1.86. The number of pyridine rings is 1. The molecule has 5 rings (SSSR count). The second kappa shape index (κ2) is 9.46. The second-order valence-electron chi connectivity index (χ2n) is 9.76. The molecule has 172 valence electrons. The number of piperidine rings is 1. The van der Waals surface area contributed by atoms with Crippen LogP contribution in [0.2, 0.25) is 0 Å². The fourth-order valence-corrected chi connectivity index (χ4v) is 6.29. The molecule has 32 heavy (non-hydrogen) atoms. The molecule has 2 aromatic rings. The van der Waals surface area contributed by atoms with Crippen LogP contribution < -0.4 is 5.32 Å². The van der Waals surface area contributed by atoms with E-state index in [1.165, 1.54) is 0 Å². The van der Waals surface area contributed by atoms with E-state index in [9.17, 15) is 4.79 Å². The summed E-state index contributed by atoms with van der Waals surface area (Å²) < 4.78 is 5.57. The minimum Gasteiger partial charge on any atom is -0.379 e. The number of morpholine rings is 1. The summed E-state index contributed by atoms with van der Waals surface area (Å²) in [6.07, 6.45) is 6.21. The molecule has 6 nitrogen and oxygen atoms in total. The number of carbonyl (C=O) groups is 1. The summed E-state index contributed by atoms with van der Waals surface area (Å²) in [6, 6.07) is 10.8. The van der Waals surface area contributed by atoms with Gasteiger partial charge in [0.2, 0.25) is 5.91 Å². The first-order valence-electron chi connectivity index (χ1n) is 12.3. The van der Waals surface area contributed by atoms with Crippen LogP contribution >= 0.6 is 0 Å². The molecule has 6 heteroatoms. The van der Waals surface area contributed by atoms with E-state index >= 15 is 0 Å². The quantitative estimate of drug-likeness (QED) is 0.781. The van der Waals surface area contributed by atoms with Crippen LogP contribution in [-0.4, -0.2) is 72.7 Å². The molecule has 0 bridgehead atoms. The van der Waals surface area contributed by atoms with E-state index in [1.54, 1.807) is 0 Å². The second-order valence-corrected chi connectivity index (χ2v) is 9.76. The van der Waals surface area contributed by atoms with Crippen molar-refractivity contribution in [1.82, 2.24) is 20.1 Å². The number of hydrogen-bond acceptors (Lipinski definition) is 5. The highest BCUT2D eigenvalue weighted by molar-refractivity contribution is 5.85. The van der Waals surface area contributed by atoms with Crippen LogP contribution in [0.4, 0.5) is 0 Å². The molecule has 3 fully saturated rings. The molecule has 2 saturated heterocycles. The van der Waals surface area contributed by atoms with Crippen molar-refractivity contribution < 1.29 is 9.53 Å². The molecule has 0 radical (unpaired) electrons. The number of nitrogens with zero attached hydrogens (tertiary/aromatic N) is 3. The molecule has 1 N–H and O–H groups in total. The van der Waals surface area contributed by atoms with Gasteiger partial charge in [0.05, 0.1) is 24.1 Å². The standard InChI is InChI=1S/C26H36N4O2/c1-2-29-12-9-21-17-22(30-13-15-32-16-14-30)7-10-26(21,19-29)25(31)28-18-20-8-11-27-24-6-4-3-5-23(20)24/h3-6,8,11,21-22H,2,7,9-10,12-19H2,1H3,(H,28,31)/t21-,22+,26-/m1/s1. The Bertz CT molecular complexity index is 939. The Morgan fingerprint density at radius 1 is 1.19 bits per heavy atom. The minimum atomic E-state index is -0.264. The van der Waals surface area contributed by atoms with Gasteiger partial charge in [-0.1, -0.05) is 25.1 Å². The van der Waals surface area contributed by atoms with Gasteiger partial charge in [0.25, 0.3) is 0 Å². The molecule has 3 aliphatic rings. The maximum atomic E-state index is 13.8. The summed E-state index contributed by atoms with van der Waals surface area (Å²) >= 11 is 0. The van der Waals surface area contributed by atoms with Crippen molar-refractivity contribution in [2.45, 2.75) is 45.2 Å². The highest BCUT2D eigenvalue weighted by Crippen LogP contribution is 2.48. The Morgan fingerprint density at radius 2 is 2.03 bits per heavy atom. The average molecular weight is 437 g/mol. The highest BCUT2D eigenvalue weighted by Gasteiger charge is 2.52. The highest BCUT2D eigenvalue weighted by atomic mass is 16.5. The Balaban J connectivity index is 1.33. The van der Waals surface area contributed by atoms with Crippen LogP contribution in [-0.2, 0) is 16.1 Å². The van der Waals surface area contributed by atoms with Crippen LogP contribution in [0.15, 0.2) is 36.5 Å². The van der Waals surface area contributed by atoms with Crippen molar-refractivity contribution in [3.63, 3.8) is 0 Å². The third-order valence-electron chi connectivity index (χ3n) is 8.20. The third-order valence-corrected chi connectivity index (χ3v) is 8.20. The first-order valence-corrected chi connectivity index (χ1v) is 12.3. The van der Waals surface area contributed by atoms with Gasteiger partial charge in [-0.05, 0) is 62.4 Å². The van der Waals surface area contributed by atoms with Crippen LogP contribution in [0.25, 0.3) is 10.9 Å². The van der Waals surface area contributed by atoms with Crippen molar-refractivity contribution in [1.29, 1.82) is 0 Å².